The molecule has 0 fully saturated rings. The standard InChI is InChI=1S/C28H37N2O3P/c1-3-5-8-22(4-2)10-11-23-12-14-24(15-13-23)26-17-16-25(28-27(26)9-6-19-30-28)21-29-18-7-20-33-34(31)32/h6,9,12-17,19,22,29H,3-5,7-8,10-11,18,20-21H2,1-2H3/p+1. The highest BCUT2D eigenvalue weighted by molar-refractivity contribution is 7.32. The molecule has 0 saturated heterocycles. The molecule has 6 heteroatoms. The van der Waals surface area contributed by atoms with Crippen molar-refractivity contribution in [3.8, 4) is 11.1 Å². The van der Waals surface area contributed by atoms with Crippen LogP contribution < -0.4 is 5.32 Å². The number of unbranched alkanes of at least 4 members (excludes halogenated alkanes) is 1. The van der Waals surface area contributed by atoms with Crippen LogP contribution in [-0.2, 0) is 22.1 Å². The number of pyridine rings is 1. The summed E-state index contributed by atoms with van der Waals surface area (Å²) < 4.78 is 15.3. The number of hydrogen-bond acceptors (Lipinski definition) is 4. The molecule has 0 amide bonds. The minimum Gasteiger partial charge on any atom is -0.313 e. The molecule has 0 bridgehead atoms. The first-order chi connectivity index (χ1) is 16.6. The molecule has 1 heterocycles. The van der Waals surface area contributed by atoms with Crippen molar-refractivity contribution < 1.29 is 14.0 Å². The molecule has 5 nitrogen and oxygen atoms in total. The van der Waals surface area contributed by atoms with Gasteiger partial charge in [-0.15, -0.1) is 9.42 Å². The fourth-order valence-corrected chi connectivity index (χ4v) is 4.74. The van der Waals surface area contributed by atoms with Gasteiger partial charge in [-0.05, 0) is 60.0 Å². The number of fused-ring (bicyclic) bond motifs is 1. The summed E-state index contributed by atoms with van der Waals surface area (Å²) in [6.07, 6.45) is 10.2. The Labute approximate surface area is 204 Å². The van der Waals surface area contributed by atoms with Crippen molar-refractivity contribution >= 4 is 19.2 Å². The smallest absolute Gasteiger partial charge is 0.313 e. The van der Waals surface area contributed by atoms with E-state index in [1.165, 1.54) is 48.8 Å². The van der Waals surface area contributed by atoms with Crippen LogP contribution in [0.15, 0.2) is 54.7 Å². The highest BCUT2D eigenvalue weighted by Gasteiger charge is 2.12. The number of aryl methyl sites for hydroxylation is 1. The average Bonchev–Trinajstić information content (AvgIpc) is 2.86. The highest BCUT2D eigenvalue weighted by Crippen LogP contribution is 2.30. The quantitative estimate of drug-likeness (QED) is 0.177. The van der Waals surface area contributed by atoms with Gasteiger partial charge in [0.1, 0.15) is 6.61 Å². The van der Waals surface area contributed by atoms with E-state index in [4.69, 9.17) is 9.42 Å². The number of hydrogen-bond donors (Lipinski definition) is 2. The second-order valence-corrected chi connectivity index (χ2v) is 9.66. The third kappa shape index (κ3) is 7.95. The van der Waals surface area contributed by atoms with Crippen molar-refractivity contribution in [2.45, 2.75) is 65.3 Å². The summed E-state index contributed by atoms with van der Waals surface area (Å²) in [5.41, 5.74) is 5.98. The largest absolute Gasteiger partial charge is 0.694 e. The lowest BCUT2D eigenvalue weighted by Crippen LogP contribution is -2.16. The van der Waals surface area contributed by atoms with Crippen molar-refractivity contribution in [3.63, 3.8) is 0 Å². The van der Waals surface area contributed by atoms with E-state index in [0.29, 0.717) is 19.5 Å². The van der Waals surface area contributed by atoms with Gasteiger partial charge in [0.05, 0.1) is 5.52 Å². The number of rotatable bonds is 15. The summed E-state index contributed by atoms with van der Waals surface area (Å²) in [7, 11) is -2.51. The fraction of sp³-hybridized carbons (Fsp3) is 0.464. The zero-order chi connectivity index (χ0) is 24.2. The topological polar surface area (TPSA) is 71.5 Å². The average molecular weight is 482 g/mol. The van der Waals surface area contributed by atoms with E-state index in [-0.39, 0.29) is 6.61 Å². The Balaban J connectivity index is 1.65. The Morgan fingerprint density at radius 2 is 1.88 bits per heavy atom. The lowest BCUT2D eigenvalue weighted by molar-refractivity contribution is 0.276. The molecule has 2 atom stereocenters. The van der Waals surface area contributed by atoms with Crippen LogP contribution in [0, 0.1) is 5.92 Å². The zero-order valence-corrected chi connectivity index (χ0v) is 21.4. The Bertz CT molecular complexity index is 1040. The normalized spacial score (nSPS) is 12.7. The van der Waals surface area contributed by atoms with Crippen molar-refractivity contribution in [1.29, 1.82) is 0 Å². The number of aromatic nitrogens is 1. The van der Waals surface area contributed by atoms with Gasteiger partial charge in [-0.3, -0.25) is 4.98 Å². The van der Waals surface area contributed by atoms with Gasteiger partial charge in [0.2, 0.25) is 0 Å². The van der Waals surface area contributed by atoms with E-state index in [1.54, 1.807) is 0 Å². The number of nitrogens with zero attached hydrogens (tertiary/aromatic N) is 1. The third-order valence-corrected chi connectivity index (χ3v) is 6.92. The maximum absolute atomic E-state index is 10.6. The SMILES string of the molecule is CCCCC(CC)CCc1ccc(-c2ccc(CNCCCO[P+](=O)O)c3ncccc23)cc1. The molecule has 0 spiro atoms. The molecule has 3 aromatic rings. The van der Waals surface area contributed by atoms with Crippen LogP contribution in [-0.4, -0.2) is 23.0 Å². The second-order valence-electron chi connectivity index (χ2n) is 8.93. The second kappa shape index (κ2) is 14.3. The Morgan fingerprint density at radius 3 is 2.62 bits per heavy atom. The fourth-order valence-electron chi connectivity index (χ4n) is 4.46. The first-order valence-corrected chi connectivity index (χ1v) is 13.7. The lowest BCUT2D eigenvalue weighted by Gasteiger charge is -2.15. The molecule has 2 aromatic carbocycles. The van der Waals surface area contributed by atoms with Crippen LogP contribution in [0.2, 0.25) is 0 Å². The molecular formula is C28H38N2O3P+. The van der Waals surface area contributed by atoms with E-state index in [9.17, 15) is 4.57 Å². The predicted octanol–water partition coefficient (Wildman–Crippen LogP) is 7.20. The van der Waals surface area contributed by atoms with Crippen LogP contribution in [0.1, 0.15) is 63.5 Å². The van der Waals surface area contributed by atoms with Gasteiger partial charge in [0.25, 0.3) is 0 Å². The maximum Gasteiger partial charge on any atom is 0.694 e. The summed E-state index contributed by atoms with van der Waals surface area (Å²) in [5, 5.41) is 4.53. The summed E-state index contributed by atoms with van der Waals surface area (Å²) in [6, 6.07) is 17.5. The van der Waals surface area contributed by atoms with E-state index in [1.807, 2.05) is 12.3 Å². The maximum atomic E-state index is 10.6. The molecule has 3 rings (SSSR count). The summed E-state index contributed by atoms with van der Waals surface area (Å²) >= 11 is 0. The Kier molecular flexibility index (Phi) is 11.1. The van der Waals surface area contributed by atoms with Crippen molar-refractivity contribution in [2.24, 2.45) is 5.92 Å². The molecule has 2 unspecified atom stereocenters. The molecule has 0 aliphatic carbocycles. The number of nitrogens with one attached hydrogen (secondary N) is 1. The lowest BCUT2D eigenvalue weighted by atomic mass is 9.91. The molecule has 0 aliphatic rings. The Hall–Kier alpha value is -2.17. The molecule has 34 heavy (non-hydrogen) atoms. The molecule has 2 N–H and O–H groups in total. The molecule has 0 radical (unpaired) electrons. The third-order valence-electron chi connectivity index (χ3n) is 6.52. The summed E-state index contributed by atoms with van der Waals surface area (Å²) in [5.74, 6) is 0.836. The van der Waals surface area contributed by atoms with Crippen molar-refractivity contribution in [3.05, 3.63) is 65.9 Å². The molecule has 182 valence electrons. The van der Waals surface area contributed by atoms with Gasteiger partial charge in [-0.1, -0.05) is 82.0 Å². The van der Waals surface area contributed by atoms with E-state index in [2.05, 4.69) is 66.6 Å². The van der Waals surface area contributed by atoms with E-state index < -0.39 is 8.25 Å². The van der Waals surface area contributed by atoms with Gasteiger partial charge in [0, 0.05) is 22.7 Å². The zero-order valence-electron chi connectivity index (χ0n) is 20.5. The van der Waals surface area contributed by atoms with Crippen LogP contribution in [0.25, 0.3) is 22.0 Å². The minimum absolute atomic E-state index is 0.268. The first kappa shape index (κ1) is 26.4. The van der Waals surface area contributed by atoms with Gasteiger partial charge in [-0.2, -0.15) is 0 Å². The van der Waals surface area contributed by atoms with Crippen LogP contribution in [0.4, 0.5) is 0 Å². The van der Waals surface area contributed by atoms with Crippen LogP contribution in [0.3, 0.4) is 0 Å². The van der Waals surface area contributed by atoms with Gasteiger partial charge >= 0.3 is 8.25 Å². The van der Waals surface area contributed by atoms with E-state index in [0.717, 1.165) is 28.8 Å². The van der Waals surface area contributed by atoms with Crippen molar-refractivity contribution in [1.82, 2.24) is 10.3 Å². The monoisotopic (exact) mass is 481 g/mol. The minimum atomic E-state index is -2.51. The van der Waals surface area contributed by atoms with Gasteiger partial charge in [0.15, 0.2) is 0 Å². The summed E-state index contributed by atoms with van der Waals surface area (Å²) in [6.45, 7) is 6.25. The predicted molar refractivity (Wildman–Crippen MR) is 141 cm³/mol. The Morgan fingerprint density at radius 1 is 1.06 bits per heavy atom. The molecule has 1 aromatic heterocycles. The highest BCUT2D eigenvalue weighted by atomic mass is 31.1. The van der Waals surface area contributed by atoms with Gasteiger partial charge in [-0.25, -0.2) is 0 Å². The van der Waals surface area contributed by atoms with Crippen LogP contribution in [0.5, 0.6) is 0 Å². The van der Waals surface area contributed by atoms with Crippen molar-refractivity contribution in [2.75, 3.05) is 13.2 Å². The molecule has 0 saturated carbocycles. The van der Waals surface area contributed by atoms with Crippen LogP contribution >= 0.6 is 8.25 Å². The molecule has 0 aliphatic heterocycles. The first-order valence-electron chi connectivity index (χ1n) is 12.6. The van der Waals surface area contributed by atoms with Gasteiger partial charge < -0.3 is 5.32 Å². The molecular weight excluding hydrogens is 443 g/mol. The number of benzene rings is 2. The van der Waals surface area contributed by atoms with E-state index >= 15 is 0 Å². The summed E-state index contributed by atoms with van der Waals surface area (Å²) in [4.78, 5) is 13.4.